The first-order valence-corrected chi connectivity index (χ1v) is 11.3. The van der Waals surface area contributed by atoms with Crippen molar-refractivity contribution in [1.29, 1.82) is 0 Å². The van der Waals surface area contributed by atoms with Gasteiger partial charge in [-0.3, -0.25) is 14.5 Å². The van der Waals surface area contributed by atoms with Crippen LogP contribution in [-0.2, 0) is 19.2 Å². The summed E-state index contributed by atoms with van der Waals surface area (Å²) in [7, 11) is 0. The van der Waals surface area contributed by atoms with E-state index in [-0.39, 0.29) is 29.0 Å². The molecule has 1 saturated heterocycles. The van der Waals surface area contributed by atoms with Crippen LogP contribution in [0, 0.1) is 0 Å². The van der Waals surface area contributed by atoms with E-state index in [1.165, 1.54) is 16.7 Å². The number of alkyl halides is 1. The van der Waals surface area contributed by atoms with Gasteiger partial charge in [0.2, 0.25) is 11.5 Å². The van der Waals surface area contributed by atoms with Gasteiger partial charge in [0.1, 0.15) is 23.7 Å². The van der Waals surface area contributed by atoms with E-state index in [1.807, 2.05) is 0 Å². The Bertz CT molecular complexity index is 887. The fourth-order valence-corrected chi connectivity index (χ4v) is 5.42. The molecular formula is C14H15IN6O5S2. The van der Waals surface area contributed by atoms with Gasteiger partial charge in [0.05, 0.1) is 0 Å². The zero-order chi connectivity index (χ0) is 20.4. The zero-order valence-electron chi connectivity index (χ0n) is 14.4. The SMILES string of the molecule is CCON=C(C(=O)N[C@@H]1C(=O)N2C(C(=O)O)=C(CI)CS[C@@H]12)c1nsc(N)n1. The van der Waals surface area contributed by atoms with Gasteiger partial charge in [-0.15, -0.1) is 11.8 Å². The standard InChI is InChI=1S/C14H15IN6O5S2/c1-2-26-19-6(9-18-14(16)28-20-9)10(22)17-7-11(23)21-8(13(24)25)5(3-15)4-27-12(7)21/h7,12H,2-4H2,1H3,(H,17,22)(H,24,25)(H2,16,18,20)/t7-,12+/m1/s1. The van der Waals surface area contributed by atoms with Crippen molar-refractivity contribution in [3.8, 4) is 0 Å². The highest BCUT2D eigenvalue weighted by Gasteiger charge is 2.54. The summed E-state index contributed by atoms with van der Waals surface area (Å²) in [6, 6.07) is -0.884. The number of hydrogen-bond acceptors (Lipinski definition) is 10. The van der Waals surface area contributed by atoms with Crippen LogP contribution in [0.1, 0.15) is 12.7 Å². The topological polar surface area (TPSA) is 160 Å². The van der Waals surface area contributed by atoms with Crippen molar-refractivity contribution in [1.82, 2.24) is 19.6 Å². The average Bonchev–Trinajstić information content (AvgIpc) is 3.10. The van der Waals surface area contributed by atoms with Gasteiger partial charge >= 0.3 is 5.97 Å². The van der Waals surface area contributed by atoms with Crippen LogP contribution in [0.3, 0.4) is 0 Å². The van der Waals surface area contributed by atoms with E-state index in [1.54, 1.807) is 6.92 Å². The Hall–Kier alpha value is -1.94. The smallest absolute Gasteiger partial charge is 0.352 e. The molecule has 150 valence electrons. The maximum absolute atomic E-state index is 12.7. The molecular weight excluding hydrogens is 523 g/mol. The third-order valence-electron chi connectivity index (χ3n) is 3.85. The molecule has 0 aliphatic carbocycles. The minimum atomic E-state index is -1.16. The quantitative estimate of drug-likeness (QED) is 0.143. The lowest BCUT2D eigenvalue weighted by Crippen LogP contribution is -2.71. The molecule has 0 spiro atoms. The number of nitrogens with two attached hydrogens (primary N) is 1. The number of oxime groups is 1. The highest BCUT2D eigenvalue weighted by molar-refractivity contribution is 14.1. The summed E-state index contributed by atoms with van der Waals surface area (Å²) in [6.07, 6.45) is 0. The first kappa shape index (κ1) is 20.8. The van der Waals surface area contributed by atoms with Gasteiger partial charge < -0.3 is 21.0 Å². The van der Waals surface area contributed by atoms with Crippen molar-refractivity contribution in [2.45, 2.75) is 18.3 Å². The van der Waals surface area contributed by atoms with Gasteiger partial charge in [-0.25, -0.2) is 4.79 Å². The summed E-state index contributed by atoms with van der Waals surface area (Å²) < 4.78 is 4.45. The summed E-state index contributed by atoms with van der Waals surface area (Å²) in [5, 5.41) is 15.4. The summed E-state index contributed by atoms with van der Waals surface area (Å²) in [5.74, 6) is -1.89. The number of hydrogen-bond donors (Lipinski definition) is 3. The summed E-state index contributed by atoms with van der Waals surface area (Å²) in [4.78, 5) is 46.9. The van der Waals surface area contributed by atoms with Crippen LogP contribution in [0.25, 0.3) is 0 Å². The number of anilines is 1. The van der Waals surface area contributed by atoms with E-state index in [4.69, 9.17) is 10.6 Å². The molecule has 0 radical (unpaired) electrons. The second-order valence-corrected chi connectivity index (χ2v) is 8.22. The van der Waals surface area contributed by atoms with E-state index in [0.717, 1.165) is 11.5 Å². The molecule has 2 amide bonds. The molecule has 0 bridgehead atoms. The van der Waals surface area contributed by atoms with Crippen LogP contribution < -0.4 is 11.1 Å². The van der Waals surface area contributed by atoms with Gasteiger partial charge in [-0.05, 0) is 12.5 Å². The number of carbonyl (C=O) groups excluding carboxylic acids is 2. The minimum Gasteiger partial charge on any atom is -0.477 e. The summed E-state index contributed by atoms with van der Waals surface area (Å²) in [6.45, 7) is 1.91. The van der Waals surface area contributed by atoms with Gasteiger partial charge in [-0.2, -0.15) is 9.36 Å². The van der Waals surface area contributed by atoms with Crippen molar-refractivity contribution in [2.24, 2.45) is 5.16 Å². The van der Waals surface area contributed by atoms with Crippen LogP contribution in [-0.4, -0.2) is 71.1 Å². The Labute approximate surface area is 181 Å². The Morgan fingerprint density at radius 2 is 2.29 bits per heavy atom. The number of fused-ring (bicyclic) bond motifs is 1. The molecule has 1 aromatic rings. The predicted molar refractivity (Wildman–Crippen MR) is 111 cm³/mol. The Morgan fingerprint density at radius 3 is 2.86 bits per heavy atom. The fraction of sp³-hybridized carbons (Fsp3) is 0.429. The third kappa shape index (κ3) is 3.80. The van der Waals surface area contributed by atoms with Crippen molar-refractivity contribution in [3.63, 3.8) is 0 Å². The van der Waals surface area contributed by atoms with Crippen molar-refractivity contribution < 1.29 is 24.3 Å². The molecule has 3 heterocycles. The lowest BCUT2D eigenvalue weighted by atomic mass is 10.0. The number of carboxylic acid groups (broad SMARTS) is 1. The number of nitrogens with one attached hydrogen (secondary N) is 1. The maximum Gasteiger partial charge on any atom is 0.352 e. The molecule has 11 nitrogen and oxygen atoms in total. The lowest BCUT2D eigenvalue weighted by Gasteiger charge is -2.49. The normalized spacial score (nSPS) is 21.9. The monoisotopic (exact) mass is 538 g/mol. The molecule has 2 aliphatic heterocycles. The summed E-state index contributed by atoms with van der Waals surface area (Å²) >= 11 is 4.35. The molecule has 4 N–H and O–H groups in total. The number of thioether (sulfide) groups is 1. The maximum atomic E-state index is 12.7. The van der Waals surface area contributed by atoms with Gasteiger partial charge in [0.15, 0.2) is 5.13 Å². The molecule has 28 heavy (non-hydrogen) atoms. The first-order valence-electron chi connectivity index (χ1n) is 7.95. The average molecular weight is 538 g/mol. The van der Waals surface area contributed by atoms with E-state index in [0.29, 0.717) is 15.8 Å². The van der Waals surface area contributed by atoms with Crippen LogP contribution in [0.5, 0.6) is 0 Å². The number of carbonyl (C=O) groups is 3. The second-order valence-electron chi connectivity index (χ2n) is 5.57. The van der Waals surface area contributed by atoms with Crippen LogP contribution in [0.4, 0.5) is 5.13 Å². The van der Waals surface area contributed by atoms with Gasteiger partial charge in [0, 0.05) is 21.7 Å². The van der Waals surface area contributed by atoms with Crippen molar-refractivity contribution >= 4 is 74.5 Å². The minimum absolute atomic E-state index is 0.00769. The highest BCUT2D eigenvalue weighted by Crippen LogP contribution is 2.40. The van der Waals surface area contributed by atoms with Gasteiger partial charge in [0.25, 0.3) is 11.8 Å². The number of amides is 2. The van der Waals surface area contributed by atoms with Crippen molar-refractivity contribution in [2.75, 3.05) is 22.5 Å². The molecule has 0 aromatic carbocycles. The molecule has 0 unspecified atom stereocenters. The molecule has 3 rings (SSSR count). The van der Waals surface area contributed by atoms with E-state index >= 15 is 0 Å². The second kappa shape index (κ2) is 8.60. The number of nitrogen functional groups attached to an aromatic ring is 1. The number of β-lactam (4-membered cyclic amide) rings is 1. The molecule has 2 atom stereocenters. The molecule has 1 aromatic heterocycles. The number of rotatable bonds is 7. The summed E-state index contributed by atoms with van der Waals surface area (Å²) in [5.41, 5.74) is 6.02. The van der Waals surface area contributed by atoms with E-state index < -0.39 is 29.2 Å². The third-order valence-corrected chi connectivity index (χ3v) is 6.65. The molecule has 2 aliphatic rings. The Kier molecular flexibility index (Phi) is 6.39. The van der Waals surface area contributed by atoms with Crippen LogP contribution >= 0.6 is 45.9 Å². The van der Waals surface area contributed by atoms with Crippen molar-refractivity contribution in [3.05, 3.63) is 17.1 Å². The molecule has 0 saturated carbocycles. The highest BCUT2D eigenvalue weighted by atomic mass is 127. The van der Waals surface area contributed by atoms with E-state index in [9.17, 15) is 19.5 Å². The Morgan fingerprint density at radius 1 is 1.54 bits per heavy atom. The fourth-order valence-electron chi connectivity index (χ4n) is 2.64. The zero-order valence-corrected chi connectivity index (χ0v) is 18.2. The predicted octanol–water partition coefficient (Wildman–Crippen LogP) is 0.0345. The Balaban J connectivity index is 1.79. The van der Waals surface area contributed by atoms with Crippen LogP contribution in [0.2, 0.25) is 0 Å². The number of aromatic nitrogens is 2. The first-order chi connectivity index (χ1) is 13.4. The molecule has 1 fully saturated rings. The number of carboxylic acids is 1. The number of halogens is 1. The number of nitrogens with zero attached hydrogens (tertiary/aromatic N) is 4. The lowest BCUT2D eigenvalue weighted by molar-refractivity contribution is -0.150. The van der Waals surface area contributed by atoms with E-state index in [2.05, 4.69) is 42.4 Å². The number of aliphatic carboxylic acids is 1. The molecule has 14 heteroatoms. The van der Waals surface area contributed by atoms with Gasteiger partial charge in [-0.1, -0.05) is 27.7 Å². The van der Waals surface area contributed by atoms with Crippen LogP contribution in [0.15, 0.2) is 16.4 Å². The largest absolute Gasteiger partial charge is 0.477 e.